The summed E-state index contributed by atoms with van der Waals surface area (Å²) in [6.45, 7) is -0.376. The van der Waals surface area contributed by atoms with Crippen LogP contribution in [0, 0.1) is 5.82 Å². The zero-order valence-corrected chi connectivity index (χ0v) is 18.5. The molecule has 5 rings (SSSR count). The van der Waals surface area contributed by atoms with Crippen LogP contribution in [0.5, 0.6) is 0 Å². The van der Waals surface area contributed by atoms with Gasteiger partial charge in [-0.1, -0.05) is 48.0 Å². The molecule has 0 saturated heterocycles. The van der Waals surface area contributed by atoms with Crippen molar-refractivity contribution in [2.45, 2.75) is 6.04 Å². The van der Waals surface area contributed by atoms with Gasteiger partial charge in [-0.25, -0.2) is 9.37 Å². The molecule has 5 aromatic rings. The molecule has 3 heterocycles. The van der Waals surface area contributed by atoms with E-state index in [0.717, 1.165) is 16.5 Å². The number of aliphatic hydroxyl groups is 1. The molecule has 170 valence electrons. The van der Waals surface area contributed by atoms with Gasteiger partial charge >= 0.3 is 0 Å². The summed E-state index contributed by atoms with van der Waals surface area (Å²) in [5.41, 5.74) is 4.75. The summed E-state index contributed by atoms with van der Waals surface area (Å²) >= 11 is 5.84. The number of pyridine rings is 1. The summed E-state index contributed by atoms with van der Waals surface area (Å²) < 4.78 is 13.5. The number of rotatable bonds is 6. The van der Waals surface area contributed by atoms with E-state index in [2.05, 4.69) is 25.5 Å². The van der Waals surface area contributed by atoms with Crippen LogP contribution in [0.2, 0.25) is 5.02 Å². The number of fused-ring (bicyclic) bond motifs is 1. The molecule has 1 amide bonds. The predicted octanol–water partition coefficient (Wildman–Crippen LogP) is 4.88. The molecule has 34 heavy (non-hydrogen) atoms. The average molecular weight is 476 g/mol. The van der Waals surface area contributed by atoms with E-state index in [4.69, 9.17) is 11.6 Å². The molecule has 2 aromatic carbocycles. The number of aromatic amines is 2. The first kappa shape index (κ1) is 21.8. The number of benzene rings is 2. The Hall–Kier alpha value is -4.01. The molecule has 0 bridgehead atoms. The smallest absolute Gasteiger partial charge is 0.268 e. The minimum atomic E-state index is -0.749. The number of H-pyrrole nitrogens is 2. The van der Waals surface area contributed by atoms with Crippen LogP contribution in [0.4, 0.5) is 4.39 Å². The highest BCUT2D eigenvalue weighted by Crippen LogP contribution is 2.30. The minimum absolute atomic E-state index is 0.0822. The maximum Gasteiger partial charge on any atom is 0.268 e. The Morgan fingerprint density at radius 3 is 2.68 bits per heavy atom. The molecule has 1 unspecified atom stereocenters. The molecule has 0 spiro atoms. The number of carbonyl (C=O) groups is 1. The van der Waals surface area contributed by atoms with E-state index in [1.165, 1.54) is 18.2 Å². The molecule has 0 fully saturated rings. The number of hydrogen-bond donors (Lipinski definition) is 4. The van der Waals surface area contributed by atoms with Gasteiger partial charge < -0.3 is 15.4 Å². The van der Waals surface area contributed by atoms with Crippen molar-refractivity contribution in [2.75, 3.05) is 6.61 Å². The Morgan fingerprint density at radius 1 is 1.09 bits per heavy atom. The summed E-state index contributed by atoms with van der Waals surface area (Å²) in [6.07, 6.45) is 3.47. The van der Waals surface area contributed by atoms with Crippen molar-refractivity contribution >= 4 is 28.5 Å². The molecule has 1 atom stereocenters. The Kier molecular flexibility index (Phi) is 5.83. The van der Waals surface area contributed by atoms with Crippen LogP contribution in [0.25, 0.3) is 33.4 Å². The summed E-state index contributed by atoms with van der Waals surface area (Å²) in [5.74, 6) is -1.01. The quantitative estimate of drug-likeness (QED) is 0.281. The maximum absolute atomic E-state index is 13.5. The van der Waals surface area contributed by atoms with Crippen LogP contribution in [0.3, 0.4) is 0 Å². The van der Waals surface area contributed by atoms with Crippen LogP contribution < -0.4 is 5.32 Å². The molecule has 4 N–H and O–H groups in total. The lowest BCUT2D eigenvalue weighted by molar-refractivity contribution is 0.0911. The number of aliphatic hydroxyl groups excluding tert-OH is 1. The molecule has 0 radical (unpaired) electrons. The first-order valence-corrected chi connectivity index (χ1v) is 10.9. The van der Waals surface area contributed by atoms with E-state index in [1.807, 2.05) is 36.4 Å². The van der Waals surface area contributed by atoms with E-state index in [9.17, 15) is 14.3 Å². The van der Waals surface area contributed by atoms with Gasteiger partial charge in [-0.15, -0.1) is 0 Å². The molecule has 9 heteroatoms. The van der Waals surface area contributed by atoms with Crippen molar-refractivity contribution < 1.29 is 14.3 Å². The molecule has 0 aliphatic rings. The highest BCUT2D eigenvalue weighted by molar-refractivity contribution is 6.30. The van der Waals surface area contributed by atoms with E-state index in [1.54, 1.807) is 18.5 Å². The van der Waals surface area contributed by atoms with Crippen LogP contribution >= 0.6 is 11.6 Å². The fourth-order valence-electron chi connectivity index (χ4n) is 3.77. The molecule has 0 aliphatic carbocycles. The lowest BCUT2D eigenvalue weighted by atomic mass is 10.1. The molecule has 3 aromatic heterocycles. The van der Waals surface area contributed by atoms with Crippen molar-refractivity contribution in [2.24, 2.45) is 0 Å². The van der Waals surface area contributed by atoms with Crippen molar-refractivity contribution in [3.8, 4) is 22.4 Å². The number of nitrogens with one attached hydrogen (secondary N) is 3. The zero-order chi connectivity index (χ0) is 23.7. The lowest BCUT2D eigenvalue weighted by Gasteiger charge is -2.16. The molecule has 0 saturated carbocycles. The third-order valence-electron chi connectivity index (χ3n) is 5.56. The van der Waals surface area contributed by atoms with Crippen molar-refractivity contribution in [3.05, 3.63) is 95.2 Å². The lowest BCUT2D eigenvalue weighted by Crippen LogP contribution is -2.31. The highest BCUT2D eigenvalue weighted by Gasteiger charge is 2.19. The van der Waals surface area contributed by atoms with E-state index in [-0.39, 0.29) is 17.3 Å². The van der Waals surface area contributed by atoms with Gasteiger partial charge in [0.05, 0.1) is 17.7 Å². The van der Waals surface area contributed by atoms with Crippen LogP contribution in [0.15, 0.2) is 73.1 Å². The normalized spacial score (nSPS) is 12.1. The predicted molar refractivity (Wildman–Crippen MR) is 128 cm³/mol. The van der Waals surface area contributed by atoms with Crippen molar-refractivity contribution in [3.63, 3.8) is 0 Å². The summed E-state index contributed by atoms with van der Waals surface area (Å²) in [6, 6.07) is 16.9. The number of nitrogens with zero attached hydrogens (tertiary/aromatic N) is 2. The number of carbonyl (C=O) groups excluding carboxylic acids is 1. The van der Waals surface area contributed by atoms with Gasteiger partial charge in [0.25, 0.3) is 5.91 Å². The monoisotopic (exact) mass is 475 g/mol. The minimum Gasteiger partial charge on any atom is -0.394 e. The van der Waals surface area contributed by atoms with E-state index < -0.39 is 17.8 Å². The van der Waals surface area contributed by atoms with Crippen molar-refractivity contribution in [1.82, 2.24) is 25.5 Å². The van der Waals surface area contributed by atoms with E-state index >= 15 is 0 Å². The van der Waals surface area contributed by atoms with Gasteiger partial charge in [0.1, 0.15) is 17.2 Å². The van der Waals surface area contributed by atoms with E-state index in [0.29, 0.717) is 22.5 Å². The van der Waals surface area contributed by atoms with Gasteiger partial charge in [0.2, 0.25) is 0 Å². The second-order valence-electron chi connectivity index (χ2n) is 7.74. The fourth-order valence-corrected chi connectivity index (χ4v) is 3.96. The summed E-state index contributed by atoms with van der Waals surface area (Å²) in [7, 11) is 0. The van der Waals surface area contributed by atoms with Gasteiger partial charge in [-0.2, -0.15) is 5.10 Å². The Balaban J connectivity index is 1.41. The Morgan fingerprint density at radius 2 is 1.91 bits per heavy atom. The van der Waals surface area contributed by atoms with Gasteiger partial charge in [-0.3, -0.25) is 9.89 Å². The summed E-state index contributed by atoms with van der Waals surface area (Å²) in [5, 5.41) is 20.5. The SMILES string of the molecule is O=C(NC(CO)c1ccc(F)c(Cl)c1)c1cc(-c2n[nH]c3ncc(-c4ccccc4)cc23)c[nH]1. The second-order valence-corrected chi connectivity index (χ2v) is 8.15. The molecular weight excluding hydrogens is 457 g/mol. The van der Waals surface area contributed by atoms with Crippen LogP contribution in [-0.2, 0) is 0 Å². The standard InChI is InChI=1S/C25H19ClFN5O2/c26-19-9-15(6-7-20(19)27)22(13-33)30-25(34)21-10-17(12-28-21)23-18-8-16(11-29-24(18)32-31-23)14-4-2-1-3-5-14/h1-12,22,28,33H,13H2,(H,30,34)(H,29,31,32). The number of halogens is 2. The number of aromatic nitrogens is 4. The fraction of sp³-hybridized carbons (Fsp3) is 0.0800. The second kappa shape index (κ2) is 9.09. The van der Waals surface area contributed by atoms with Gasteiger partial charge in [-0.05, 0) is 35.4 Å². The third kappa shape index (κ3) is 4.16. The molecule has 7 nitrogen and oxygen atoms in total. The van der Waals surface area contributed by atoms with Crippen LogP contribution in [-0.4, -0.2) is 37.8 Å². The first-order chi connectivity index (χ1) is 16.5. The topological polar surface area (TPSA) is 107 Å². The summed E-state index contributed by atoms with van der Waals surface area (Å²) in [4.78, 5) is 20.2. The van der Waals surface area contributed by atoms with Gasteiger partial charge in [0, 0.05) is 28.9 Å². The van der Waals surface area contributed by atoms with Crippen LogP contribution in [0.1, 0.15) is 22.1 Å². The zero-order valence-electron chi connectivity index (χ0n) is 17.7. The number of hydrogen-bond acceptors (Lipinski definition) is 4. The highest BCUT2D eigenvalue weighted by atomic mass is 35.5. The first-order valence-electron chi connectivity index (χ1n) is 10.5. The largest absolute Gasteiger partial charge is 0.394 e. The van der Waals surface area contributed by atoms with Crippen molar-refractivity contribution in [1.29, 1.82) is 0 Å². The molecular formula is C25H19ClFN5O2. The maximum atomic E-state index is 13.5. The number of amides is 1. The molecule has 0 aliphatic heterocycles. The third-order valence-corrected chi connectivity index (χ3v) is 5.85. The Labute approximate surface area is 198 Å². The average Bonchev–Trinajstić information content (AvgIpc) is 3.51. The van der Waals surface area contributed by atoms with Gasteiger partial charge in [0.15, 0.2) is 5.65 Å². The Bertz CT molecular complexity index is 1480.